The molecule has 0 unspecified atom stereocenters. The fourth-order valence-electron chi connectivity index (χ4n) is 1.78. The van der Waals surface area contributed by atoms with E-state index in [1.165, 1.54) is 19.7 Å². The molecule has 0 fully saturated rings. The van der Waals surface area contributed by atoms with Crippen LogP contribution in [0, 0.1) is 0 Å². The predicted molar refractivity (Wildman–Crippen MR) is 79.6 cm³/mol. The van der Waals surface area contributed by atoms with Crippen LogP contribution in [0.4, 0.5) is 0 Å². The second-order valence-electron chi connectivity index (χ2n) is 4.78. The quantitative estimate of drug-likeness (QED) is 0.803. The lowest BCUT2D eigenvalue weighted by atomic mass is 10.1. The zero-order valence-corrected chi connectivity index (χ0v) is 12.9. The third-order valence-corrected chi connectivity index (χ3v) is 4.54. The Morgan fingerprint density at radius 1 is 1.24 bits per heavy atom. The van der Waals surface area contributed by atoms with Crippen molar-refractivity contribution in [3.05, 3.63) is 48.0 Å². The minimum Gasteiger partial charge on any atom is -0.316 e. The Morgan fingerprint density at radius 3 is 2.62 bits per heavy atom. The van der Waals surface area contributed by atoms with E-state index in [-0.39, 0.29) is 6.54 Å². The van der Waals surface area contributed by atoms with Crippen molar-refractivity contribution in [3.63, 3.8) is 0 Å². The van der Waals surface area contributed by atoms with E-state index in [1.807, 2.05) is 22.8 Å². The van der Waals surface area contributed by atoms with Gasteiger partial charge in [-0.15, -0.1) is 10.2 Å². The molecule has 21 heavy (non-hydrogen) atoms. The first kappa shape index (κ1) is 15.6. The fourth-order valence-corrected chi connectivity index (χ4v) is 2.35. The maximum absolute atomic E-state index is 11.7. The highest BCUT2D eigenvalue weighted by molar-refractivity contribution is 7.87. The molecule has 0 amide bonds. The molecule has 0 aliphatic carbocycles. The van der Waals surface area contributed by atoms with Crippen molar-refractivity contribution in [1.82, 2.24) is 23.8 Å². The van der Waals surface area contributed by atoms with Crippen LogP contribution in [0.15, 0.2) is 36.7 Å². The molecule has 0 atom stereocenters. The largest absolute Gasteiger partial charge is 0.316 e. The zero-order chi connectivity index (χ0) is 15.3. The molecule has 2 aromatic rings. The lowest BCUT2D eigenvalue weighted by molar-refractivity contribution is 0.501. The summed E-state index contributed by atoms with van der Waals surface area (Å²) >= 11 is 0. The lowest BCUT2D eigenvalue weighted by Gasteiger charge is -2.12. The highest BCUT2D eigenvalue weighted by Gasteiger charge is 2.14. The summed E-state index contributed by atoms with van der Waals surface area (Å²) in [6, 6.07) is 10.1. The number of aryl methyl sites for hydroxylation is 2. The summed E-state index contributed by atoms with van der Waals surface area (Å²) in [5, 5.41) is 7.80. The number of hydrogen-bond donors (Lipinski definition) is 1. The van der Waals surface area contributed by atoms with Gasteiger partial charge in [0, 0.05) is 20.6 Å². The number of nitrogens with zero attached hydrogens (tertiary/aromatic N) is 4. The molecular weight excluding hydrogens is 290 g/mol. The van der Waals surface area contributed by atoms with E-state index in [2.05, 4.69) is 27.1 Å². The van der Waals surface area contributed by atoms with Gasteiger partial charge in [-0.2, -0.15) is 17.4 Å². The van der Waals surface area contributed by atoms with Gasteiger partial charge in [0.25, 0.3) is 10.2 Å². The molecule has 7 nitrogen and oxygen atoms in total. The summed E-state index contributed by atoms with van der Waals surface area (Å²) in [7, 11) is -0.507. The smallest absolute Gasteiger partial charge is 0.279 e. The van der Waals surface area contributed by atoms with E-state index in [0.29, 0.717) is 12.4 Å². The number of hydrogen-bond acceptors (Lipinski definition) is 4. The van der Waals surface area contributed by atoms with Crippen LogP contribution in [0.5, 0.6) is 0 Å². The van der Waals surface area contributed by atoms with Crippen molar-refractivity contribution in [2.75, 3.05) is 14.1 Å². The Hall–Kier alpha value is -1.77. The highest BCUT2D eigenvalue weighted by atomic mass is 32.2. The minimum absolute atomic E-state index is 0.120. The average Bonchev–Trinajstić information content (AvgIpc) is 2.91. The molecule has 1 aromatic heterocycles. The molecular formula is C13H19N5O2S. The summed E-state index contributed by atoms with van der Waals surface area (Å²) < 4.78 is 28.8. The van der Waals surface area contributed by atoms with Gasteiger partial charge >= 0.3 is 0 Å². The van der Waals surface area contributed by atoms with Crippen LogP contribution in [0.25, 0.3) is 0 Å². The first-order valence-electron chi connectivity index (χ1n) is 6.57. The van der Waals surface area contributed by atoms with Crippen molar-refractivity contribution < 1.29 is 8.42 Å². The fraction of sp³-hybridized carbons (Fsp3) is 0.385. The maximum atomic E-state index is 11.7. The van der Waals surface area contributed by atoms with Crippen LogP contribution in [-0.4, -0.2) is 41.6 Å². The monoisotopic (exact) mass is 309 g/mol. The van der Waals surface area contributed by atoms with Crippen LogP contribution >= 0.6 is 0 Å². The summed E-state index contributed by atoms with van der Waals surface area (Å²) in [6.07, 6.45) is 2.45. The van der Waals surface area contributed by atoms with E-state index in [4.69, 9.17) is 0 Å². The molecule has 1 aromatic carbocycles. The molecule has 0 radical (unpaired) electrons. The lowest BCUT2D eigenvalue weighted by Crippen LogP contribution is -2.35. The van der Waals surface area contributed by atoms with E-state index in [9.17, 15) is 8.42 Å². The molecule has 0 saturated heterocycles. The molecule has 114 valence electrons. The first-order valence-corrected chi connectivity index (χ1v) is 8.01. The number of nitrogens with one attached hydrogen (secondary N) is 1. The van der Waals surface area contributed by atoms with Crippen LogP contribution in [0.1, 0.15) is 11.4 Å². The van der Waals surface area contributed by atoms with Gasteiger partial charge in [-0.05, 0) is 12.0 Å². The first-order chi connectivity index (χ1) is 9.99. The maximum Gasteiger partial charge on any atom is 0.279 e. The van der Waals surface area contributed by atoms with Crippen molar-refractivity contribution >= 4 is 10.2 Å². The van der Waals surface area contributed by atoms with Gasteiger partial charge < -0.3 is 4.57 Å². The molecule has 1 heterocycles. The van der Waals surface area contributed by atoms with Crippen molar-refractivity contribution in [1.29, 1.82) is 0 Å². The Balaban J connectivity index is 1.96. The predicted octanol–water partition coefficient (Wildman–Crippen LogP) is 0.417. The van der Waals surface area contributed by atoms with E-state index in [1.54, 1.807) is 6.33 Å². The molecule has 0 spiro atoms. The van der Waals surface area contributed by atoms with E-state index < -0.39 is 10.2 Å². The minimum atomic E-state index is -3.46. The van der Waals surface area contributed by atoms with Gasteiger partial charge in [0.05, 0.1) is 6.54 Å². The molecule has 0 saturated carbocycles. The van der Waals surface area contributed by atoms with Crippen molar-refractivity contribution in [2.24, 2.45) is 0 Å². The summed E-state index contributed by atoms with van der Waals surface area (Å²) in [4.78, 5) is 0. The van der Waals surface area contributed by atoms with Crippen molar-refractivity contribution in [3.8, 4) is 0 Å². The Morgan fingerprint density at radius 2 is 1.95 bits per heavy atom. The van der Waals surface area contributed by atoms with Gasteiger partial charge in [0.15, 0.2) is 0 Å². The van der Waals surface area contributed by atoms with Crippen LogP contribution in [0.2, 0.25) is 0 Å². The van der Waals surface area contributed by atoms with Crippen molar-refractivity contribution in [2.45, 2.75) is 19.5 Å². The van der Waals surface area contributed by atoms with Crippen LogP contribution in [-0.2, 0) is 29.7 Å². The van der Waals surface area contributed by atoms with Crippen LogP contribution in [0.3, 0.4) is 0 Å². The summed E-state index contributed by atoms with van der Waals surface area (Å²) in [5.74, 6) is 0.594. The molecule has 1 N–H and O–H groups in total. The average molecular weight is 309 g/mol. The van der Waals surface area contributed by atoms with E-state index in [0.717, 1.165) is 10.7 Å². The van der Waals surface area contributed by atoms with Gasteiger partial charge in [0.1, 0.15) is 12.2 Å². The molecule has 8 heteroatoms. The Bertz CT molecular complexity index is 667. The molecule has 2 rings (SSSR count). The van der Waals surface area contributed by atoms with Gasteiger partial charge in [0.2, 0.25) is 0 Å². The van der Waals surface area contributed by atoms with Crippen LogP contribution < -0.4 is 4.72 Å². The standard InChI is InChI=1S/C13H19N5O2S/c1-17(2)21(19,20)15-10-13-16-14-11-18(13)9-8-12-6-4-3-5-7-12/h3-7,11,15H,8-10H2,1-2H3. The number of rotatable bonds is 7. The molecule has 0 aliphatic rings. The second kappa shape index (κ2) is 6.79. The number of benzene rings is 1. The summed E-state index contributed by atoms with van der Waals surface area (Å²) in [5.41, 5.74) is 1.21. The third-order valence-electron chi connectivity index (χ3n) is 3.07. The highest BCUT2D eigenvalue weighted by Crippen LogP contribution is 2.04. The SMILES string of the molecule is CN(C)S(=O)(=O)NCc1nncn1CCc1ccccc1. The zero-order valence-electron chi connectivity index (χ0n) is 12.1. The van der Waals surface area contributed by atoms with Gasteiger partial charge in [-0.25, -0.2) is 0 Å². The van der Waals surface area contributed by atoms with Gasteiger partial charge in [-0.1, -0.05) is 30.3 Å². The topological polar surface area (TPSA) is 80.1 Å². The second-order valence-corrected chi connectivity index (χ2v) is 6.75. The van der Waals surface area contributed by atoms with Gasteiger partial charge in [-0.3, -0.25) is 0 Å². The third kappa shape index (κ3) is 4.35. The molecule has 0 bridgehead atoms. The summed E-state index contributed by atoms with van der Waals surface area (Å²) in [6.45, 7) is 0.825. The normalized spacial score (nSPS) is 12.0. The molecule has 0 aliphatic heterocycles. The van der Waals surface area contributed by atoms with E-state index >= 15 is 0 Å². The number of aromatic nitrogens is 3. The Kier molecular flexibility index (Phi) is 5.05. The Labute approximate surface area is 124 Å².